The Morgan fingerprint density at radius 3 is 2.44 bits per heavy atom. The minimum atomic E-state index is -1.32. The normalized spacial score (nSPS) is 19.5. The van der Waals surface area contributed by atoms with E-state index in [-0.39, 0.29) is 17.7 Å². The summed E-state index contributed by atoms with van der Waals surface area (Å²) in [6, 6.07) is 8.96. The Morgan fingerprint density at radius 1 is 1.12 bits per heavy atom. The molecule has 0 aromatic heterocycles. The maximum absolute atomic E-state index is 12.6. The van der Waals surface area contributed by atoms with Crippen LogP contribution in [0.15, 0.2) is 42.6 Å². The number of hydrogen-bond acceptors (Lipinski definition) is 4. The molecule has 6 nitrogen and oxygen atoms in total. The first-order valence-corrected chi connectivity index (χ1v) is 11.4. The molecule has 1 aromatic carbocycles. The average molecular weight is 441 g/mol. The van der Waals surface area contributed by atoms with Crippen molar-refractivity contribution in [3.63, 3.8) is 0 Å². The number of rotatable bonds is 3. The quantitative estimate of drug-likeness (QED) is 0.629. The van der Waals surface area contributed by atoms with E-state index in [0.29, 0.717) is 28.5 Å². The molecule has 0 spiro atoms. The fraction of sp³-hybridized carbons (Fsp3) is 0.333. The molecule has 1 saturated heterocycles. The van der Waals surface area contributed by atoms with E-state index in [2.05, 4.69) is 2.89 Å². The summed E-state index contributed by atoms with van der Waals surface area (Å²) < 4.78 is 2.76. The monoisotopic (exact) mass is 441 g/mol. The number of hydrogen-bond donors (Lipinski definition) is 0. The predicted octanol–water partition coefficient (Wildman–Crippen LogP) is 0.179. The molecule has 0 radical (unpaired) electrons. The van der Waals surface area contributed by atoms with E-state index in [1.807, 2.05) is 38.4 Å². The Bertz CT molecular complexity index is 760. The summed E-state index contributed by atoms with van der Waals surface area (Å²) in [4.78, 5) is 40.9. The Kier molecular flexibility index (Phi) is 5.42. The predicted molar refractivity (Wildman–Crippen MR) is 96.2 cm³/mol. The van der Waals surface area contributed by atoms with Gasteiger partial charge in [0.2, 0.25) is 0 Å². The van der Waals surface area contributed by atoms with Gasteiger partial charge in [-0.25, -0.2) is 0 Å². The summed E-state index contributed by atoms with van der Waals surface area (Å²) in [6.45, 7) is 3.17. The van der Waals surface area contributed by atoms with Crippen LogP contribution in [0.3, 0.4) is 0 Å². The molecule has 0 unspecified atom stereocenters. The van der Waals surface area contributed by atoms with Crippen LogP contribution in [0.5, 0.6) is 0 Å². The molecule has 2 aliphatic rings. The van der Waals surface area contributed by atoms with Crippen LogP contribution in [0, 0.1) is 0 Å². The second-order valence-corrected chi connectivity index (χ2v) is 11.2. The number of piperazine rings is 1. The fourth-order valence-corrected chi connectivity index (χ4v) is 6.02. The van der Waals surface area contributed by atoms with Gasteiger partial charge in [-0.05, 0) is 0 Å². The van der Waals surface area contributed by atoms with Crippen molar-refractivity contribution in [2.45, 2.75) is 13.0 Å². The summed E-state index contributed by atoms with van der Waals surface area (Å²) in [5.74, 6) is -0.826. The van der Waals surface area contributed by atoms with Crippen LogP contribution >= 0.6 is 0 Å². The van der Waals surface area contributed by atoms with Crippen LogP contribution in [-0.4, -0.2) is 89.0 Å². The Morgan fingerprint density at radius 2 is 1.84 bits per heavy atom. The van der Waals surface area contributed by atoms with E-state index in [1.54, 1.807) is 28.0 Å². The van der Waals surface area contributed by atoms with Gasteiger partial charge in [0.1, 0.15) is 0 Å². The van der Waals surface area contributed by atoms with Crippen molar-refractivity contribution < 1.29 is 14.4 Å². The van der Waals surface area contributed by atoms with Gasteiger partial charge in [-0.3, -0.25) is 0 Å². The van der Waals surface area contributed by atoms with Gasteiger partial charge < -0.3 is 0 Å². The first kappa shape index (κ1) is 17.9. The third-order valence-electron chi connectivity index (χ3n) is 4.48. The van der Waals surface area contributed by atoms with E-state index in [9.17, 15) is 14.4 Å². The number of carbonyl (C=O) groups excluding carboxylic acids is 3. The van der Waals surface area contributed by atoms with E-state index in [0.717, 1.165) is 0 Å². The van der Waals surface area contributed by atoms with Gasteiger partial charge in [0.15, 0.2) is 0 Å². The molecule has 1 aromatic rings. The second-order valence-electron chi connectivity index (χ2n) is 6.36. The molecule has 2 amide bonds. The van der Waals surface area contributed by atoms with E-state index >= 15 is 0 Å². The maximum atomic E-state index is 12.6. The van der Waals surface area contributed by atoms with Crippen molar-refractivity contribution in [3.05, 3.63) is 48.2 Å². The van der Waals surface area contributed by atoms with E-state index in [4.69, 9.17) is 0 Å². The van der Waals surface area contributed by atoms with Crippen LogP contribution in [0.2, 0.25) is 0 Å². The molecule has 0 saturated carbocycles. The van der Waals surface area contributed by atoms with Crippen LogP contribution in [-0.2, 0) is 9.59 Å². The zero-order valence-electron chi connectivity index (χ0n) is 14.4. The summed E-state index contributed by atoms with van der Waals surface area (Å²) in [6.07, 6.45) is 3.66. The first-order chi connectivity index (χ1) is 12.0. The van der Waals surface area contributed by atoms with Crippen molar-refractivity contribution >= 4 is 43.6 Å². The molecule has 25 heavy (non-hydrogen) atoms. The number of Topliss-reactive ketones (excluding diaryl/α,β-unsaturated/α-hetero) is 1. The third kappa shape index (κ3) is 3.86. The molecule has 1 fully saturated rings. The summed E-state index contributed by atoms with van der Waals surface area (Å²) in [5, 5.41) is 0. The number of benzene rings is 1. The van der Waals surface area contributed by atoms with Crippen LogP contribution in [0.4, 0.5) is 0 Å². The van der Waals surface area contributed by atoms with Crippen molar-refractivity contribution in [1.82, 2.24) is 12.7 Å². The third-order valence-corrected chi connectivity index (χ3v) is 8.23. The van der Waals surface area contributed by atoms with Gasteiger partial charge in [-0.2, -0.15) is 0 Å². The molecular formula is C18H20InN3O3. The van der Waals surface area contributed by atoms with E-state index < -0.39 is 28.6 Å². The summed E-state index contributed by atoms with van der Waals surface area (Å²) >= 11 is -1.32. The number of amides is 2. The standard InChI is InChI=1S/C18H20N3O3.In/c1-14-13-20(17(23)15-7-4-3-5-8-15)11-12-21(14)18(24)16(22)9-6-10-19-2;/h3-8,10,14H,11-13H2,1-2H3;/q-1;+1/t14-;/m1./s1. The molecule has 7 heteroatoms. The fourth-order valence-electron chi connectivity index (χ4n) is 3.10. The second kappa shape index (κ2) is 7.56. The molecule has 1 atom stereocenters. The molecule has 2 aliphatic heterocycles. The van der Waals surface area contributed by atoms with Crippen molar-refractivity contribution in [3.8, 4) is 0 Å². The first-order valence-electron chi connectivity index (χ1n) is 8.29. The van der Waals surface area contributed by atoms with Gasteiger partial charge >= 0.3 is 158 Å². The van der Waals surface area contributed by atoms with Crippen molar-refractivity contribution in [2.24, 2.45) is 0 Å². The Hall–Kier alpha value is -1.89. The van der Waals surface area contributed by atoms with Gasteiger partial charge in [-0.1, -0.05) is 0 Å². The van der Waals surface area contributed by atoms with Crippen LogP contribution < -0.4 is 0 Å². The van der Waals surface area contributed by atoms with Gasteiger partial charge in [-0.15, -0.1) is 0 Å². The number of carbonyl (C=O) groups is 3. The Balaban J connectivity index is 1.65. The van der Waals surface area contributed by atoms with Gasteiger partial charge in [0.25, 0.3) is 0 Å². The number of nitrogens with zero attached hydrogens (tertiary/aromatic N) is 3. The number of ketones is 1. The summed E-state index contributed by atoms with van der Waals surface area (Å²) in [5.41, 5.74) is 0.647. The molecule has 0 bridgehead atoms. The van der Waals surface area contributed by atoms with Gasteiger partial charge in [0.05, 0.1) is 0 Å². The van der Waals surface area contributed by atoms with Crippen molar-refractivity contribution in [2.75, 3.05) is 26.7 Å². The molecule has 0 aliphatic carbocycles. The molecule has 128 valence electrons. The number of allylic oxidation sites excluding steroid dienone is 1. The van der Waals surface area contributed by atoms with Crippen molar-refractivity contribution in [1.29, 1.82) is 0 Å². The zero-order chi connectivity index (χ0) is 18.0. The zero-order valence-corrected chi connectivity index (χ0v) is 17.7. The topological polar surface area (TPSA) is 60.9 Å². The Labute approximate surface area is 158 Å². The SMILES string of the molecule is C[C@@H]1CN(C(=O)c2ccccc2)CCN1C(=O)C(=O)[C]1=[In][N](C)C=C1. The summed E-state index contributed by atoms with van der Waals surface area (Å²) in [7, 11) is 1.94. The molecule has 2 heterocycles. The minimum absolute atomic E-state index is 0.0317. The van der Waals surface area contributed by atoms with Gasteiger partial charge in [0, 0.05) is 0 Å². The van der Waals surface area contributed by atoms with E-state index in [1.165, 1.54) is 0 Å². The van der Waals surface area contributed by atoms with Crippen LogP contribution in [0.25, 0.3) is 0 Å². The molecule has 0 N–H and O–H groups in total. The molecular weight excluding hydrogens is 421 g/mol. The average Bonchev–Trinajstić information content (AvgIpc) is 3.07. The molecule has 3 rings (SSSR count). The van der Waals surface area contributed by atoms with Crippen LogP contribution in [0.1, 0.15) is 17.3 Å².